The van der Waals surface area contributed by atoms with E-state index in [1.165, 1.54) is 0 Å². The fourth-order valence-electron chi connectivity index (χ4n) is 2.01. The van der Waals surface area contributed by atoms with Gasteiger partial charge in [0, 0.05) is 11.6 Å². The number of carbonyl (C=O) groups excluding carboxylic acids is 1. The Hall–Kier alpha value is -1.91. The van der Waals surface area contributed by atoms with Crippen LogP contribution in [0.1, 0.15) is 5.56 Å². The summed E-state index contributed by atoms with van der Waals surface area (Å²) in [7, 11) is 1.63. The third kappa shape index (κ3) is 5.66. The molecule has 0 fully saturated rings. The number of benzene rings is 2. The van der Waals surface area contributed by atoms with Gasteiger partial charge in [-0.3, -0.25) is 4.79 Å². The number of nitrogens with one attached hydrogen (secondary N) is 2. The van der Waals surface area contributed by atoms with E-state index in [-0.39, 0.29) is 12.5 Å². The van der Waals surface area contributed by atoms with Crippen molar-refractivity contribution in [3.05, 3.63) is 58.1 Å². The lowest BCUT2D eigenvalue weighted by atomic mass is 10.1. The summed E-state index contributed by atoms with van der Waals surface area (Å²) >= 11 is 11.9. The fraction of sp³-hybridized carbons (Fsp3) is 0.235. The molecule has 0 aliphatic heterocycles. The predicted molar refractivity (Wildman–Crippen MR) is 94.7 cm³/mol. The molecule has 0 atom stereocenters. The van der Waals surface area contributed by atoms with Crippen LogP contribution in [-0.2, 0) is 11.2 Å². The first-order chi connectivity index (χ1) is 11.1. The van der Waals surface area contributed by atoms with Crippen LogP contribution in [0.4, 0.5) is 5.69 Å². The van der Waals surface area contributed by atoms with Crippen LogP contribution >= 0.6 is 23.2 Å². The van der Waals surface area contributed by atoms with Gasteiger partial charge < -0.3 is 15.4 Å². The average molecular weight is 353 g/mol. The van der Waals surface area contributed by atoms with Gasteiger partial charge in [0.15, 0.2) is 0 Å². The Kier molecular flexibility index (Phi) is 6.56. The summed E-state index contributed by atoms with van der Waals surface area (Å²) in [6.07, 6.45) is 0.758. The highest BCUT2D eigenvalue weighted by Crippen LogP contribution is 2.25. The molecule has 0 bridgehead atoms. The van der Waals surface area contributed by atoms with Crippen molar-refractivity contribution in [1.29, 1.82) is 0 Å². The second-order valence-corrected chi connectivity index (χ2v) is 5.77. The van der Waals surface area contributed by atoms with Gasteiger partial charge in [-0.25, -0.2) is 0 Å². The van der Waals surface area contributed by atoms with E-state index in [1.807, 2.05) is 24.3 Å². The Morgan fingerprint density at radius 1 is 1.13 bits per heavy atom. The van der Waals surface area contributed by atoms with E-state index in [1.54, 1.807) is 25.3 Å². The molecule has 0 radical (unpaired) electrons. The lowest BCUT2D eigenvalue weighted by Crippen LogP contribution is -2.31. The number of hydrogen-bond acceptors (Lipinski definition) is 3. The number of carbonyl (C=O) groups is 1. The van der Waals surface area contributed by atoms with Crippen molar-refractivity contribution in [3.63, 3.8) is 0 Å². The van der Waals surface area contributed by atoms with E-state index in [2.05, 4.69) is 10.6 Å². The first-order valence-corrected chi connectivity index (χ1v) is 7.92. The zero-order valence-electron chi connectivity index (χ0n) is 12.7. The first-order valence-electron chi connectivity index (χ1n) is 7.17. The van der Waals surface area contributed by atoms with Gasteiger partial charge in [0.05, 0.1) is 24.4 Å². The van der Waals surface area contributed by atoms with Crippen LogP contribution in [0.25, 0.3) is 0 Å². The van der Waals surface area contributed by atoms with E-state index in [4.69, 9.17) is 27.9 Å². The highest BCUT2D eigenvalue weighted by Gasteiger charge is 2.04. The summed E-state index contributed by atoms with van der Waals surface area (Å²) < 4.78 is 5.11. The average Bonchev–Trinajstić information content (AvgIpc) is 2.56. The molecule has 2 rings (SSSR count). The molecule has 6 heteroatoms. The van der Waals surface area contributed by atoms with Crippen LogP contribution < -0.4 is 15.4 Å². The van der Waals surface area contributed by atoms with E-state index in [0.29, 0.717) is 22.3 Å². The molecule has 2 aromatic carbocycles. The van der Waals surface area contributed by atoms with E-state index >= 15 is 0 Å². The minimum Gasteiger partial charge on any atom is -0.497 e. The maximum Gasteiger partial charge on any atom is 0.239 e. The maximum atomic E-state index is 11.8. The summed E-state index contributed by atoms with van der Waals surface area (Å²) in [6, 6.07) is 12.8. The number of halogens is 2. The molecule has 0 aliphatic carbocycles. The van der Waals surface area contributed by atoms with Gasteiger partial charge in [0.2, 0.25) is 5.91 Å². The molecule has 0 saturated carbocycles. The number of rotatable bonds is 7. The lowest BCUT2D eigenvalue weighted by Gasteiger charge is -2.10. The molecule has 1 amide bonds. The molecule has 23 heavy (non-hydrogen) atoms. The van der Waals surface area contributed by atoms with Gasteiger partial charge in [-0.15, -0.1) is 0 Å². The Balaban J connectivity index is 1.73. The van der Waals surface area contributed by atoms with Crippen LogP contribution in [0.2, 0.25) is 10.0 Å². The van der Waals surface area contributed by atoms with Crippen LogP contribution in [0.15, 0.2) is 42.5 Å². The zero-order valence-corrected chi connectivity index (χ0v) is 14.2. The van der Waals surface area contributed by atoms with Crippen LogP contribution in [0.3, 0.4) is 0 Å². The standard InChI is InChI=1S/C17H18Cl2N2O2/c1-23-14-5-2-12(3-6-14)8-9-20-17(22)11-21-16-10-13(18)4-7-15(16)19/h2-7,10,21H,8-9,11H2,1H3,(H,20,22). The Bertz CT molecular complexity index is 660. The van der Waals surface area contributed by atoms with Crippen LogP contribution in [0, 0.1) is 0 Å². The van der Waals surface area contributed by atoms with Crippen LogP contribution in [0.5, 0.6) is 5.75 Å². The number of anilines is 1. The molecule has 4 nitrogen and oxygen atoms in total. The minimum absolute atomic E-state index is 0.102. The van der Waals surface area contributed by atoms with E-state index in [0.717, 1.165) is 17.7 Å². The molecular formula is C17H18Cl2N2O2. The van der Waals surface area contributed by atoms with Crippen molar-refractivity contribution < 1.29 is 9.53 Å². The van der Waals surface area contributed by atoms with Gasteiger partial charge in [-0.1, -0.05) is 35.3 Å². The molecule has 0 aromatic heterocycles. The molecule has 0 saturated heterocycles. The van der Waals surface area contributed by atoms with Crippen LogP contribution in [-0.4, -0.2) is 26.1 Å². The summed E-state index contributed by atoms with van der Waals surface area (Å²) in [5.74, 6) is 0.718. The summed E-state index contributed by atoms with van der Waals surface area (Å²) in [6.45, 7) is 0.707. The lowest BCUT2D eigenvalue weighted by molar-refractivity contribution is -0.119. The largest absolute Gasteiger partial charge is 0.497 e. The highest BCUT2D eigenvalue weighted by atomic mass is 35.5. The summed E-state index contributed by atoms with van der Waals surface area (Å²) in [4.78, 5) is 11.8. The molecule has 2 N–H and O–H groups in total. The van der Waals surface area contributed by atoms with Gasteiger partial charge >= 0.3 is 0 Å². The van der Waals surface area contributed by atoms with Crippen molar-refractivity contribution in [3.8, 4) is 5.75 Å². The maximum absolute atomic E-state index is 11.8. The Morgan fingerprint density at radius 2 is 1.87 bits per heavy atom. The van der Waals surface area contributed by atoms with Gasteiger partial charge in [-0.05, 0) is 42.3 Å². The molecule has 0 aliphatic rings. The Labute approximate surface area is 145 Å². The molecule has 0 unspecified atom stereocenters. The predicted octanol–water partition coefficient (Wildman–Crippen LogP) is 3.77. The third-order valence-electron chi connectivity index (χ3n) is 3.26. The molecule has 2 aromatic rings. The molecular weight excluding hydrogens is 335 g/mol. The molecule has 0 heterocycles. The topological polar surface area (TPSA) is 50.4 Å². The van der Waals surface area contributed by atoms with Gasteiger partial charge in [0.25, 0.3) is 0 Å². The molecule has 122 valence electrons. The number of methoxy groups -OCH3 is 1. The normalized spacial score (nSPS) is 10.2. The number of ether oxygens (including phenoxy) is 1. The minimum atomic E-state index is -0.102. The smallest absolute Gasteiger partial charge is 0.239 e. The van der Waals surface area contributed by atoms with Crippen molar-refractivity contribution in [2.75, 3.05) is 25.5 Å². The quantitative estimate of drug-likeness (QED) is 0.797. The number of hydrogen-bond donors (Lipinski definition) is 2. The SMILES string of the molecule is COc1ccc(CCNC(=O)CNc2cc(Cl)ccc2Cl)cc1. The summed E-state index contributed by atoms with van der Waals surface area (Å²) in [5, 5.41) is 6.92. The molecule has 0 spiro atoms. The van der Waals surface area contributed by atoms with E-state index in [9.17, 15) is 4.79 Å². The zero-order chi connectivity index (χ0) is 16.7. The van der Waals surface area contributed by atoms with Crippen molar-refractivity contribution >= 4 is 34.8 Å². The van der Waals surface area contributed by atoms with Crippen molar-refractivity contribution in [2.24, 2.45) is 0 Å². The second-order valence-electron chi connectivity index (χ2n) is 4.93. The highest BCUT2D eigenvalue weighted by molar-refractivity contribution is 6.35. The van der Waals surface area contributed by atoms with Gasteiger partial charge in [0.1, 0.15) is 5.75 Å². The number of amides is 1. The first kappa shape index (κ1) is 17.4. The monoisotopic (exact) mass is 352 g/mol. The Morgan fingerprint density at radius 3 is 2.57 bits per heavy atom. The van der Waals surface area contributed by atoms with Gasteiger partial charge in [-0.2, -0.15) is 0 Å². The van der Waals surface area contributed by atoms with Crippen molar-refractivity contribution in [1.82, 2.24) is 5.32 Å². The fourth-order valence-corrected chi connectivity index (χ4v) is 2.37. The third-order valence-corrected chi connectivity index (χ3v) is 3.83. The second kappa shape index (κ2) is 8.65. The van der Waals surface area contributed by atoms with Crippen molar-refractivity contribution in [2.45, 2.75) is 6.42 Å². The van der Waals surface area contributed by atoms with E-state index < -0.39 is 0 Å². The summed E-state index contributed by atoms with van der Waals surface area (Å²) in [5.41, 5.74) is 1.78.